The number of hydrogen-bond donors (Lipinski definition) is 2. The van der Waals surface area contributed by atoms with Crippen LogP contribution in [0.15, 0.2) is 33.7 Å². The molecule has 1 saturated heterocycles. The highest BCUT2D eigenvalue weighted by atomic mass is 16.3. The molecule has 0 aromatic carbocycles. The van der Waals surface area contributed by atoms with Crippen LogP contribution >= 0.6 is 0 Å². The maximum atomic E-state index is 12.4. The van der Waals surface area contributed by atoms with Crippen molar-refractivity contribution < 1.29 is 9.21 Å². The van der Waals surface area contributed by atoms with E-state index in [0.29, 0.717) is 18.0 Å². The molecule has 2 aromatic rings. The van der Waals surface area contributed by atoms with Crippen molar-refractivity contribution in [2.45, 2.75) is 33.2 Å². The number of piperidine rings is 1. The molecule has 25 heavy (non-hydrogen) atoms. The number of carbonyl (C=O) groups is 1. The van der Waals surface area contributed by atoms with Crippen LogP contribution in [0.25, 0.3) is 0 Å². The summed E-state index contributed by atoms with van der Waals surface area (Å²) < 4.78 is 5.41. The third kappa shape index (κ3) is 4.39. The molecule has 134 valence electrons. The Hall–Kier alpha value is -2.34. The molecule has 0 bridgehead atoms. The van der Waals surface area contributed by atoms with Gasteiger partial charge in [-0.3, -0.25) is 14.5 Å². The number of aromatic nitrogens is 1. The topological polar surface area (TPSA) is 78.3 Å². The van der Waals surface area contributed by atoms with Gasteiger partial charge in [0.25, 0.3) is 11.5 Å². The molecule has 0 unspecified atom stereocenters. The van der Waals surface area contributed by atoms with Gasteiger partial charge in [-0.2, -0.15) is 0 Å². The highest BCUT2D eigenvalue weighted by molar-refractivity contribution is 5.95. The van der Waals surface area contributed by atoms with Gasteiger partial charge in [0.15, 0.2) is 0 Å². The van der Waals surface area contributed by atoms with E-state index in [1.165, 1.54) is 0 Å². The molecular formula is C19H25N3O3. The van der Waals surface area contributed by atoms with Gasteiger partial charge in [-0.05, 0) is 62.9 Å². The molecule has 6 heteroatoms. The number of H-pyrrole nitrogens is 1. The largest absolute Gasteiger partial charge is 0.468 e. The van der Waals surface area contributed by atoms with E-state index in [-0.39, 0.29) is 17.0 Å². The van der Waals surface area contributed by atoms with Crippen LogP contribution in [0.2, 0.25) is 0 Å². The molecule has 0 radical (unpaired) electrons. The SMILES string of the molecule is Cc1cc(C)c(C(=O)NC[C@H]2CCCN(Cc3ccco3)C2)c(=O)[nH]1. The number of nitrogens with zero attached hydrogens (tertiary/aromatic N) is 1. The average molecular weight is 343 g/mol. The standard InChI is InChI=1S/C19H25N3O3/c1-13-9-14(2)21-19(24)17(13)18(23)20-10-15-5-3-7-22(11-15)12-16-6-4-8-25-16/h4,6,8-9,15H,3,5,7,10-12H2,1-2H3,(H,20,23)(H,21,24)/t15-/m1/s1. The zero-order chi connectivity index (χ0) is 17.8. The summed E-state index contributed by atoms with van der Waals surface area (Å²) >= 11 is 0. The van der Waals surface area contributed by atoms with Gasteiger partial charge in [0.1, 0.15) is 11.3 Å². The number of nitrogens with one attached hydrogen (secondary N) is 2. The lowest BCUT2D eigenvalue weighted by molar-refractivity contribution is 0.0926. The Morgan fingerprint density at radius 1 is 1.44 bits per heavy atom. The van der Waals surface area contributed by atoms with Gasteiger partial charge < -0.3 is 14.7 Å². The second-order valence-corrected chi connectivity index (χ2v) is 6.87. The minimum absolute atomic E-state index is 0.217. The molecule has 6 nitrogen and oxygen atoms in total. The lowest BCUT2D eigenvalue weighted by Crippen LogP contribution is -2.41. The minimum Gasteiger partial charge on any atom is -0.468 e. The molecule has 1 atom stereocenters. The highest BCUT2D eigenvalue weighted by Gasteiger charge is 2.22. The van der Waals surface area contributed by atoms with Crippen LogP contribution < -0.4 is 10.9 Å². The molecule has 2 N–H and O–H groups in total. The first kappa shape index (κ1) is 17.5. The summed E-state index contributed by atoms with van der Waals surface area (Å²) in [7, 11) is 0. The summed E-state index contributed by atoms with van der Waals surface area (Å²) in [5.74, 6) is 1.06. The fraction of sp³-hybridized carbons (Fsp3) is 0.474. The molecule has 1 fully saturated rings. The second-order valence-electron chi connectivity index (χ2n) is 6.87. The Morgan fingerprint density at radius 3 is 3.00 bits per heavy atom. The first-order chi connectivity index (χ1) is 12.0. The molecule has 0 saturated carbocycles. The predicted molar refractivity (Wildman–Crippen MR) is 95.6 cm³/mol. The summed E-state index contributed by atoms with van der Waals surface area (Å²) in [5, 5.41) is 2.94. The average Bonchev–Trinajstić information content (AvgIpc) is 3.05. The van der Waals surface area contributed by atoms with Gasteiger partial charge in [0.2, 0.25) is 0 Å². The normalized spacial score (nSPS) is 18.2. The van der Waals surface area contributed by atoms with Crippen LogP contribution in [0.1, 0.15) is 40.2 Å². The molecule has 3 heterocycles. The number of amides is 1. The Bertz CT molecular complexity index is 780. The highest BCUT2D eigenvalue weighted by Crippen LogP contribution is 2.18. The van der Waals surface area contributed by atoms with E-state index in [0.717, 1.165) is 43.9 Å². The number of aryl methyl sites for hydroxylation is 2. The van der Waals surface area contributed by atoms with Crippen LogP contribution in [-0.2, 0) is 6.54 Å². The van der Waals surface area contributed by atoms with Crippen molar-refractivity contribution in [2.75, 3.05) is 19.6 Å². The molecule has 2 aromatic heterocycles. The van der Waals surface area contributed by atoms with Crippen molar-refractivity contribution in [1.82, 2.24) is 15.2 Å². The Labute approximate surface area is 147 Å². The number of rotatable bonds is 5. The molecule has 0 spiro atoms. The summed E-state index contributed by atoms with van der Waals surface area (Å²) in [4.78, 5) is 29.5. The summed E-state index contributed by atoms with van der Waals surface area (Å²) in [6.45, 7) is 6.95. The minimum atomic E-state index is -0.321. The number of carbonyl (C=O) groups excluding carboxylic acids is 1. The Kier molecular flexibility index (Phi) is 5.38. The molecular weight excluding hydrogens is 318 g/mol. The monoisotopic (exact) mass is 343 g/mol. The van der Waals surface area contributed by atoms with Crippen LogP contribution in [0.4, 0.5) is 0 Å². The van der Waals surface area contributed by atoms with Gasteiger partial charge in [-0.25, -0.2) is 0 Å². The number of furan rings is 1. The molecule has 1 aliphatic rings. The maximum Gasteiger partial charge on any atom is 0.261 e. The first-order valence-electron chi connectivity index (χ1n) is 8.76. The summed E-state index contributed by atoms with van der Waals surface area (Å²) in [6.07, 6.45) is 3.88. The van der Waals surface area contributed by atoms with Crippen LogP contribution in [0.5, 0.6) is 0 Å². The Morgan fingerprint density at radius 2 is 2.28 bits per heavy atom. The predicted octanol–water partition coefficient (Wildman–Crippen LogP) is 2.23. The van der Waals surface area contributed by atoms with E-state index < -0.39 is 0 Å². The van der Waals surface area contributed by atoms with E-state index in [9.17, 15) is 9.59 Å². The zero-order valence-electron chi connectivity index (χ0n) is 14.8. The van der Waals surface area contributed by atoms with E-state index >= 15 is 0 Å². The molecule has 1 amide bonds. The fourth-order valence-corrected chi connectivity index (χ4v) is 3.55. The third-order valence-corrected chi connectivity index (χ3v) is 4.71. The van der Waals surface area contributed by atoms with Gasteiger partial charge in [-0.15, -0.1) is 0 Å². The second kappa shape index (κ2) is 7.70. The lowest BCUT2D eigenvalue weighted by atomic mass is 9.97. The van der Waals surface area contributed by atoms with E-state index in [4.69, 9.17) is 4.42 Å². The lowest BCUT2D eigenvalue weighted by Gasteiger charge is -2.32. The number of likely N-dealkylation sites (tertiary alicyclic amines) is 1. The number of aromatic amines is 1. The number of pyridine rings is 1. The van der Waals surface area contributed by atoms with Crippen LogP contribution in [0.3, 0.4) is 0 Å². The van der Waals surface area contributed by atoms with Gasteiger partial charge in [0, 0.05) is 18.8 Å². The van der Waals surface area contributed by atoms with E-state index in [1.807, 2.05) is 25.1 Å². The summed E-state index contributed by atoms with van der Waals surface area (Å²) in [5.41, 5.74) is 1.37. The van der Waals surface area contributed by atoms with Crippen LogP contribution in [-0.4, -0.2) is 35.4 Å². The van der Waals surface area contributed by atoms with Crippen molar-refractivity contribution in [3.8, 4) is 0 Å². The molecule has 0 aliphatic carbocycles. The van der Waals surface area contributed by atoms with Crippen molar-refractivity contribution in [3.05, 3.63) is 57.4 Å². The van der Waals surface area contributed by atoms with Crippen molar-refractivity contribution in [2.24, 2.45) is 5.92 Å². The molecule has 1 aliphatic heterocycles. The van der Waals surface area contributed by atoms with Gasteiger partial charge in [0.05, 0.1) is 12.8 Å². The molecule has 3 rings (SSSR count). The zero-order valence-corrected chi connectivity index (χ0v) is 14.8. The van der Waals surface area contributed by atoms with Gasteiger partial charge >= 0.3 is 0 Å². The third-order valence-electron chi connectivity index (χ3n) is 4.71. The van der Waals surface area contributed by atoms with Crippen molar-refractivity contribution in [1.29, 1.82) is 0 Å². The summed E-state index contributed by atoms with van der Waals surface area (Å²) in [6, 6.07) is 5.71. The first-order valence-corrected chi connectivity index (χ1v) is 8.76. The van der Waals surface area contributed by atoms with E-state index in [1.54, 1.807) is 13.2 Å². The quantitative estimate of drug-likeness (QED) is 0.873. The van der Waals surface area contributed by atoms with Gasteiger partial charge in [-0.1, -0.05) is 0 Å². The fourth-order valence-electron chi connectivity index (χ4n) is 3.55. The smallest absolute Gasteiger partial charge is 0.261 e. The number of hydrogen-bond acceptors (Lipinski definition) is 4. The van der Waals surface area contributed by atoms with Crippen molar-refractivity contribution in [3.63, 3.8) is 0 Å². The van der Waals surface area contributed by atoms with E-state index in [2.05, 4.69) is 15.2 Å². The maximum absolute atomic E-state index is 12.4. The Balaban J connectivity index is 1.56. The van der Waals surface area contributed by atoms with Crippen molar-refractivity contribution >= 4 is 5.91 Å². The van der Waals surface area contributed by atoms with Crippen LogP contribution in [0, 0.1) is 19.8 Å².